The van der Waals surface area contributed by atoms with Crippen molar-refractivity contribution in [3.05, 3.63) is 35.4 Å². The highest BCUT2D eigenvalue weighted by Gasteiger charge is 2.10. The Morgan fingerprint density at radius 2 is 2.05 bits per heavy atom. The molecule has 1 rings (SSSR count). The van der Waals surface area contributed by atoms with Gasteiger partial charge in [-0.3, -0.25) is 0 Å². The molecule has 0 aromatic heterocycles. The maximum Gasteiger partial charge on any atom is 0.335 e. The molecule has 0 fully saturated rings. The van der Waals surface area contributed by atoms with Crippen LogP contribution in [0.1, 0.15) is 29.8 Å². The molecule has 0 unspecified atom stereocenters. The van der Waals surface area contributed by atoms with E-state index in [4.69, 9.17) is 5.11 Å². The largest absolute Gasteiger partial charge is 0.478 e. The normalized spacial score (nSPS) is 10.3. The standard InChI is InChI=1S/C14H20N2O3/c1-10(2)16(3)14(19)15-8-7-11-5-4-6-12(9-11)13(17)18/h4-6,9-10H,7-8H2,1-3H3,(H,15,19)(H,17,18). The molecule has 1 aromatic carbocycles. The van der Waals surface area contributed by atoms with Crippen molar-refractivity contribution in [2.45, 2.75) is 26.3 Å². The highest BCUT2D eigenvalue weighted by Crippen LogP contribution is 2.05. The average molecular weight is 264 g/mol. The minimum atomic E-state index is -0.939. The van der Waals surface area contributed by atoms with E-state index in [-0.39, 0.29) is 17.6 Å². The number of carboxylic acid groups (broad SMARTS) is 1. The lowest BCUT2D eigenvalue weighted by Gasteiger charge is -2.21. The predicted octanol–water partition coefficient (Wildman–Crippen LogP) is 1.98. The first-order chi connectivity index (χ1) is 8.91. The molecule has 0 bridgehead atoms. The maximum atomic E-state index is 11.7. The molecule has 0 aliphatic carbocycles. The molecule has 0 atom stereocenters. The lowest BCUT2D eigenvalue weighted by Crippen LogP contribution is -2.41. The minimum absolute atomic E-state index is 0.121. The molecule has 19 heavy (non-hydrogen) atoms. The van der Waals surface area contributed by atoms with E-state index >= 15 is 0 Å². The second-order valence-electron chi connectivity index (χ2n) is 4.69. The molecule has 5 nitrogen and oxygen atoms in total. The highest BCUT2D eigenvalue weighted by molar-refractivity contribution is 5.87. The summed E-state index contributed by atoms with van der Waals surface area (Å²) in [6.45, 7) is 4.37. The van der Waals surface area contributed by atoms with Crippen LogP contribution >= 0.6 is 0 Å². The Morgan fingerprint density at radius 3 is 2.63 bits per heavy atom. The van der Waals surface area contributed by atoms with Crippen LogP contribution in [0.5, 0.6) is 0 Å². The molecule has 2 amide bonds. The number of hydrogen-bond donors (Lipinski definition) is 2. The van der Waals surface area contributed by atoms with Gasteiger partial charge in [0.25, 0.3) is 0 Å². The fraction of sp³-hybridized carbons (Fsp3) is 0.429. The van der Waals surface area contributed by atoms with Crippen molar-refractivity contribution < 1.29 is 14.7 Å². The molecule has 0 aliphatic rings. The topological polar surface area (TPSA) is 69.6 Å². The van der Waals surface area contributed by atoms with Gasteiger partial charge in [0.05, 0.1) is 5.56 Å². The van der Waals surface area contributed by atoms with E-state index in [0.29, 0.717) is 13.0 Å². The lowest BCUT2D eigenvalue weighted by molar-refractivity contribution is 0.0696. The molecule has 1 aromatic rings. The Kier molecular flexibility index (Phi) is 5.36. The predicted molar refractivity (Wildman–Crippen MR) is 73.4 cm³/mol. The number of hydrogen-bond acceptors (Lipinski definition) is 2. The second-order valence-corrected chi connectivity index (χ2v) is 4.69. The van der Waals surface area contributed by atoms with Gasteiger partial charge in [0.1, 0.15) is 0 Å². The number of nitrogens with zero attached hydrogens (tertiary/aromatic N) is 1. The smallest absolute Gasteiger partial charge is 0.335 e. The zero-order chi connectivity index (χ0) is 14.4. The number of carboxylic acids is 1. The van der Waals surface area contributed by atoms with E-state index in [1.165, 1.54) is 0 Å². The number of aromatic carboxylic acids is 1. The van der Waals surface area contributed by atoms with Gasteiger partial charge >= 0.3 is 12.0 Å². The molecular formula is C14H20N2O3. The Bertz CT molecular complexity index is 458. The van der Waals surface area contributed by atoms with E-state index in [9.17, 15) is 9.59 Å². The Hall–Kier alpha value is -2.04. The van der Waals surface area contributed by atoms with Crippen molar-refractivity contribution in [3.63, 3.8) is 0 Å². The fourth-order valence-electron chi connectivity index (χ4n) is 1.53. The van der Waals surface area contributed by atoms with Gasteiger partial charge in [-0.1, -0.05) is 12.1 Å². The van der Waals surface area contributed by atoms with Gasteiger partial charge in [-0.05, 0) is 38.0 Å². The first kappa shape index (κ1) is 15.0. The van der Waals surface area contributed by atoms with Gasteiger partial charge in [0, 0.05) is 19.6 Å². The third-order valence-corrected chi connectivity index (χ3v) is 2.96. The van der Waals surface area contributed by atoms with E-state index < -0.39 is 5.97 Å². The molecule has 0 aliphatic heterocycles. The Labute approximate surface area is 113 Å². The van der Waals surface area contributed by atoms with Crippen molar-refractivity contribution in [1.29, 1.82) is 0 Å². The molecule has 104 valence electrons. The van der Waals surface area contributed by atoms with Gasteiger partial charge in [0.15, 0.2) is 0 Å². The molecule has 5 heteroatoms. The summed E-state index contributed by atoms with van der Waals surface area (Å²) in [6.07, 6.45) is 0.610. The van der Waals surface area contributed by atoms with Crippen molar-refractivity contribution in [1.82, 2.24) is 10.2 Å². The van der Waals surface area contributed by atoms with Crippen LogP contribution in [-0.2, 0) is 6.42 Å². The lowest BCUT2D eigenvalue weighted by atomic mass is 10.1. The summed E-state index contributed by atoms with van der Waals surface area (Å²) in [5.74, 6) is -0.939. The van der Waals surface area contributed by atoms with Crippen LogP contribution in [0.25, 0.3) is 0 Å². The van der Waals surface area contributed by atoms with E-state index in [1.54, 1.807) is 30.1 Å². The molecule has 2 N–H and O–H groups in total. The summed E-state index contributed by atoms with van der Waals surface area (Å²) < 4.78 is 0. The Morgan fingerprint density at radius 1 is 1.37 bits per heavy atom. The summed E-state index contributed by atoms with van der Waals surface area (Å²) >= 11 is 0. The van der Waals surface area contributed by atoms with Gasteiger partial charge in [-0.15, -0.1) is 0 Å². The van der Waals surface area contributed by atoms with Crippen LogP contribution in [0.2, 0.25) is 0 Å². The first-order valence-electron chi connectivity index (χ1n) is 6.24. The number of carbonyl (C=O) groups excluding carboxylic acids is 1. The van der Waals surface area contributed by atoms with Gasteiger partial charge in [-0.25, -0.2) is 9.59 Å². The average Bonchev–Trinajstić information content (AvgIpc) is 2.37. The summed E-state index contributed by atoms with van der Waals surface area (Å²) in [5.41, 5.74) is 1.16. The van der Waals surface area contributed by atoms with Crippen molar-refractivity contribution >= 4 is 12.0 Å². The number of rotatable bonds is 5. The SMILES string of the molecule is CC(C)N(C)C(=O)NCCc1cccc(C(=O)O)c1. The summed E-state index contributed by atoms with van der Waals surface area (Å²) in [4.78, 5) is 24.1. The second kappa shape index (κ2) is 6.78. The van der Waals surface area contributed by atoms with Crippen LogP contribution in [0.15, 0.2) is 24.3 Å². The molecule has 0 spiro atoms. The molecule has 0 radical (unpaired) electrons. The fourth-order valence-corrected chi connectivity index (χ4v) is 1.53. The molecule has 0 heterocycles. The zero-order valence-electron chi connectivity index (χ0n) is 11.5. The number of amides is 2. The zero-order valence-corrected chi connectivity index (χ0v) is 11.5. The van der Waals surface area contributed by atoms with Crippen molar-refractivity contribution in [2.24, 2.45) is 0 Å². The van der Waals surface area contributed by atoms with Gasteiger partial charge < -0.3 is 15.3 Å². The van der Waals surface area contributed by atoms with Crippen molar-refractivity contribution in [3.8, 4) is 0 Å². The van der Waals surface area contributed by atoms with E-state index in [2.05, 4.69) is 5.32 Å². The van der Waals surface area contributed by atoms with Crippen LogP contribution in [0.3, 0.4) is 0 Å². The van der Waals surface area contributed by atoms with Crippen LogP contribution < -0.4 is 5.32 Å². The van der Waals surface area contributed by atoms with Gasteiger partial charge in [0.2, 0.25) is 0 Å². The van der Waals surface area contributed by atoms with E-state index in [1.807, 2.05) is 19.9 Å². The highest BCUT2D eigenvalue weighted by atomic mass is 16.4. The quantitative estimate of drug-likeness (QED) is 0.854. The van der Waals surface area contributed by atoms with Crippen LogP contribution in [-0.4, -0.2) is 41.6 Å². The van der Waals surface area contributed by atoms with Gasteiger partial charge in [-0.2, -0.15) is 0 Å². The number of urea groups is 1. The Balaban J connectivity index is 2.47. The summed E-state index contributed by atoms with van der Waals surface area (Å²) in [5, 5.41) is 11.7. The first-order valence-corrected chi connectivity index (χ1v) is 6.24. The minimum Gasteiger partial charge on any atom is -0.478 e. The van der Waals surface area contributed by atoms with Crippen LogP contribution in [0.4, 0.5) is 4.79 Å². The third-order valence-electron chi connectivity index (χ3n) is 2.96. The van der Waals surface area contributed by atoms with Crippen LogP contribution in [0, 0.1) is 0 Å². The number of carbonyl (C=O) groups is 2. The number of benzene rings is 1. The third kappa shape index (κ3) is 4.62. The van der Waals surface area contributed by atoms with E-state index in [0.717, 1.165) is 5.56 Å². The summed E-state index contributed by atoms with van der Waals surface area (Å²) in [6, 6.07) is 6.77. The monoisotopic (exact) mass is 264 g/mol. The molecular weight excluding hydrogens is 244 g/mol. The van der Waals surface area contributed by atoms with Crippen molar-refractivity contribution in [2.75, 3.05) is 13.6 Å². The molecule has 0 saturated carbocycles. The molecule has 0 saturated heterocycles. The summed E-state index contributed by atoms with van der Waals surface area (Å²) in [7, 11) is 1.74. The maximum absolute atomic E-state index is 11.7. The number of nitrogens with one attached hydrogen (secondary N) is 1.